The van der Waals surface area contributed by atoms with Gasteiger partial charge in [-0.15, -0.1) is 0 Å². The Kier molecular flexibility index (Phi) is 5.81. The predicted octanol–water partition coefficient (Wildman–Crippen LogP) is 4.09. The fourth-order valence-electron chi connectivity index (χ4n) is 3.66. The molecule has 1 aliphatic rings. The van der Waals surface area contributed by atoms with Gasteiger partial charge in [0, 0.05) is 30.2 Å². The van der Waals surface area contributed by atoms with Gasteiger partial charge in [-0.25, -0.2) is 13.6 Å². The molecule has 0 aliphatic heterocycles. The van der Waals surface area contributed by atoms with Gasteiger partial charge in [0.15, 0.2) is 11.5 Å². The Morgan fingerprint density at radius 2 is 1.72 bits per heavy atom. The molecule has 8 heteroatoms. The number of nitrogens with one attached hydrogen (secondary N) is 2. The molecule has 0 heterocycles. The third-order valence-corrected chi connectivity index (χ3v) is 5.41. The molecule has 6 nitrogen and oxygen atoms in total. The number of halogens is 2. The van der Waals surface area contributed by atoms with E-state index in [4.69, 9.17) is 14.2 Å². The summed E-state index contributed by atoms with van der Waals surface area (Å²) in [6, 6.07) is 6.32. The molecule has 2 amide bonds. The Morgan fingerprint density at radius 3 is 2.21 bits per heavy atom. The first-order valence-corrected chi connectivity index (χ1v) is 9.15. The van der Waals surface area contributed by atoms with Crippen LogP contribution in [0.15, 0.2) is 30.3 Å². The van der Waals surface area contributed by atoms with E-state index in [1.165, 1.54) is 33.5 Å². The van der Waals surface area contributed by atoms with Crippen molar-refractivity contribution >= 4 is 11.7 Å². The van der Waals surface area contributed by atoms with Crippen LogP contribution in [0, 0.1) is 17.6 Å². The molecule has 1 fully saturated rings. The molecule has 0 aromatic heterocycles. The Hall–Kier alpha value is -3.03. The van der Waals surface area contributed by atoms with Crippen molar-refractivity contribution in [1.29, 1.82) is 0 Å². The summed E-state index contributed by atoms with van der Waals surface area (Å²) < 4.78 is 43.3. The summed E-state index contributed by atoms with van der Waals surface area (Å²) in [5.74, 6) is 0.178. The smallest absolute Gasteiger partial charge is 0.319 e. The molecule has 156 valence electrons. The topological polar surface area (TPSA) is 68.8 Å². The summed E-state index contributed by atoms with van der Waals surface area (Å²) in [4.78, 5) is 12.4. The van der Waals surface area contributed by atoms with Crippen molar-refractivity contribution in [3.05, 3.63) is 47.5 Å². The van der Waals surface area contributed by atoms with Crippen molar-refractivity contribution in [2.45, 2.75) is 18.8 Å². The number of ether oxygens (including phenoxy) is 3. The average molecular weight is 406 g/mol. The van der Waals surface area contributed by atoms with E-state index in [0.717, 1.165) is 6.07 Å². The molecule has 0 saturated heterocycles. The minimum atomic E-state index is -0.622. The number of hydrogen-bond acceptors (Lipinski definition) is 4. The van der Waals surface area contributed by atoms with Gasteiger partial charge in [0.25, 0.3) is 0 Å². The van der Waals surface area contributed by atoms with Crippen LogP contribution in [-0.4, -0.2) is 33.9 Å². The van der Waals surface area contributed by atoms with Gasteiger partial charge in [-0.2, -0.15) is 0 Å². The van der Waals surface area contributed by atoms with Crippen LogP contribution in [0.2, 0.25) is 0 Å². The Balaban J connectivity index is 1.71. The third kappa shape index (κ3) is 4.06. The van der Waals surface area contributed by atoms with E-state index in [1.54, 1.807) is 12.1 Å². The first kappa shape index (κ1) is 20.7. The van der Waals surface area contributed by atoms with Crippen LogP contribution in [0.4, 0.5) is 19.3 Å². The van der Waals surface area contributed by atoms with Gasteiger partial charge in [-0.05, 0) is 24.0 Å². The molecule has 0 bridgehead atoms. The van der Waals surface area contributed by atoms with Crippen LogP contribution >= 0.6 is 0 Å². The first-order valence-electron chi connectivity index (χ1n) is 9.15. The zero-order chi connectivity index (χ0) is 21.2. The molecule has 0 spiro atoms. The quantitative estimate of drug-likeness (QED) is 0.727. The van der Waals surface area contributed by atoms with E-state index in [9.17, 15) is 13.6 Å². The lowest BCUT2D eigenvalue weighted by Gasteiger charge is -2.20. The van der Waals surface area contributed by atoms with Crippen molar-refractivity contribution in [2.75, 3.05) is 33.2 Å². The molecule has 2 atom stereocenters. The molecule has 29 heavy (non-hydrogen) atoms. The van der Waals surface area contributed by atoms with Gasteiger partial charge >= 0.3 is 6.03 Å². The maximum atomic E-state index is 14.3. The van der Waals surface area contributed by atoms with Crippen LogP contribution in [0.3, 0.4) is 0 Å². The zero-order valence-corrected chi connectivity index (χ0v) is 16.8. The van der Waals surface area contributed by atoms with E-state index in [1.807, 2.05) is 6.92 Å². The zero-order valence-electron chi connectivity index (χ0n) is 16.8. The van der Waals surface area contributed by atoms with Crippen LogP contribution < -0.4 is 24.8 Å². The highest BCUT2D eigenvalue weighted by molar-refractivity contribution is 5.90. The van der Waals surface area contributed by atoms with Crippen LogP contribution in [-0.2, 0) is 5.41 Å². The number of urea groups is 1. The van der Waals surface area contributed by atoms with Crippen molar-refractivity contribution in [3.63, 3.8) is 0 Å². The molecule has 2 unspecified atom stereocenters. The lowest BCUT2D eigenvalue weighted by Crippen LogP contribution is -2.36. The fraction of sp³-hybridized carbons (Fsp3) is 0.381. The van der Waals surface area contributed by atoms with Crippen LogP contribution in [0.25, 0.3) is 0 Å². The third-order valence-electron chi connectivity index (χ3n) is 5.41. The largest absolute Gasteiger partial charge is 0.493 e. The summed E-state index contributed by atoms with van der Waals surface area (Å²) in [6.45, 7) is 2.20. The number of hydrogen-bond donors (Lipinski definition) is 2. The van der Waals surface area contributed by atoms with Crippen molar-refractivity contribution < 1.29 is 27.8 Å². The van der Waals surface area contributed by atoms with Gasteiger partial charge < -0.3 is 24.8 Å². The summed E-state index contributed by atoms with van der Waals surface area (Å²) in [7, 11) is 4.46. The molecule has 0 radical (unpaired) electrons. The SMILES string of the molecule is COc1cc(NC(=O)NCC2(c3ccc(F)cc3F)CC2C)cc(OC)c1OC. The van der Waals surface area contributed by atoms with E-state index < -0.39 is 23.1 Å². The second-order valence-corrected chi connectivity index (χ2v) is 7.11. The molecule has 2 N–H and O–H groups in total. The first-order chi connectivity index (χ1) is 13.8. The molecule has 2 aromatic rings. The molecular formula is C21H24F2N2O4. The maximum Gasteiger partial charge on any atom is 0.319 e. The minimum absolute atomic E-state index is 0.170. The second kappa shape index (κ2) is 8.14. The van der Waals surface area contributed by atoms with E-state index >= 15 is 0 Å². The monoisotopic (exact) mass is 406 g/mol. The van der Waals surface area contributed by atoms with Crippen molar-refractivity contribution in [2.24, 2.45) is 5.92 Å². The summed E-state index contributed by atoms with van der Waals surface area (Å²) in [5.41, 5.74) is 0.326. The van der Waals surface area contributed by atoms with Crippen LogP contribution in [0.1, 0.15) is 18.9 Å². The molecule has 2 aromatic carbocycles. The lowest BCUT2D eigenvalue weighted by atomic mass is 9.93. The number of carbonyl (C=O) groups excluding carboxylic acids is 1. The summed E-state index contributed by atoms with van der Waals surface area (Å²) in [5, 5.41) is 5.50. The highest BCUT2D eigenvalue weighted by atomic mass is 19.1. The highest BCUT2D eigenvalue weighted by Gasteiger charge is 2.53. The fourth-order valence-corrected chi connectivity index (χ4v) is 3.66. The van der Waals surface area contributed by atoms with Crippen molar-refractivity contribution in [3.8, 4) is 17.2 Å². The number of benzene rings is 2. The van der Waals surface area contributed by atoms with E-state index in [0.29, 0.717) is 34.9 Å². The summed E-state index contributed by atoms with van der Waals surface area (Å²) >= 11 is 0. The Morgan fingerprint density at radius 1 is 1.10 bits per heavy atom. The number of carbonyl (C=O) groups is 1. The number of amides is 2. The Bertz CT molecular complexity index is 897. The molecule has 1 saturated carbocycles. The van der Waals surface area contributed by atoms with E-state index in [2.05, 4.69) is 10.6 Å². The van der Waals surface area contributed by atoms with Gasteiger partial charge in [0.2, 0.25) is 5.75 Å². The van der Waals surface area contributed by atoms with Crippen LogP contribution in [0.5, 0.6) is 17.2 Å². The second-order valence-electron chi connectivity index (χ2n) is 7.11. The average Bonchev–Trinajstić information content (AvgIpc) is 3.35. The number of anilines is 1. The standard InChI is InChI=1S/C21H24F2N2O4/c1-12-10-21(12,15-6-5-13(22)7-16(15)23)11-24-20(26)25-14-8-17(27-2)19(29-4)18(9-14)28-3/h5-9,12H,10-11H2,1-4H3,(H2,24,25,26). The maximum absolute atomic E-state index is 14.3. The molecule has 1 aliphatic carbocycles. The highest BCUT2D eigenvalue weighted by Crippen LogP contribution is 2.54. The van der Waals surface area contributed by atoms with E-state index in [-0.39, 0.29) is 12.5 Å². The number of methoxy groups -OCH3 is 3. The van der Waals surface area contributed by atoms with Gasteiger partial charge in [-0.1, -0.05) is 13.0 Å². The van der Waals surface area contributed by atoms with Crippen molar-refractivity contribution in [1.82, 2.24) is 5.32 Å². The normalized spacial score (nSPS) is 20.0. The minimum Gasteiger partial charge on any atom is -0.493 e. The number of rotatable bonds is 7. The van der Waals surface area contributed by atoms with Gasteiger partial charge in [-0.3, -0.25) is 0 Å². The van der Waals surface area contributed by atoms with Gasteiger partial charge in [0.1, 0.15) is 11.6 Å². The molecular weight excluding hydrogens is 382 g/mol. The summed E-state index contributed by atoms with van der Waals surface area (Å²) in [6.07, 6.45) is 0.708. The van der Waals surface area contributed by atoms with Gasteiger partial charge in [0.05, 0.1) is 27.0 Å². The predicted molar refractivity (Wildman–Crippen MR) is 105 cm³/mol. The molecule has 3 rings (SSSR count). The Labute approximate surface area is 168 Å². The lowest BCUT2D eigenvalue weighted by molar-refractivity contribution is 0.250.